The van der Waals surface area contributed by atoms with E-state index in [9.17, 15) is 25.6 Å². The molecule has 2 saturated carbocycles. The standard InChI is InChI=1S/C30H33ClFN5O3S.C22H16ClF2N3O3S.C8H18N2/c1-18-13-19(14-20-16-33-30(36-28(18)20)34-21-9-11-22(12-10-21)37(2)3)23-15-25(32)26(35-29(23)40-4)17-41(38,39)27-8-6-5-7-24(27)31;1-12-7-13(8-14-10-26-22(25)28-20(12)14)15-9-17(24)18(27-21(15)31-2)11-32(29,30)19-6-4-3-5-16(19)23;1-10(2)8-5-3-7(9)4-6-8/h5-8,13-16,21-22H,9-12,17H2,1-4H3,(H,33,34,36);3-10H,11H2,1-2H3;7-8H,3-6,9H2,1-2H3. The van der Waals surface area contributed by atoms with Gasteiger partial charge in [-0.3, -0.25) is 0 Å². The first-order chi connectivity index (χ1) is 39.4. The summed E-state index contributed by atoms with van der Waals surface area (Å²) < 4.78 is 106. The number of benzene rings is 4. The summed E-state index contributed by atoms with van der Waals surface area (Å²) in [6, 6.07) is 23.7. The molecule has 83 heavy (non-hydrogen) atoms. The highest BCUT2D eigenvalue weighted by Gasteiger charge is 2.27. The lowest BCUT2D eigenvalue weighted by molar-refractivity contribution is 0.217. The van der Waals surface area contributed by atoms with Crippen LogP contribution in [0.5, 0.6) is 11.8 Å². The van der Waals surface area contributed by atoms with Crippen LogP contribution in [-0.2, 0) is 31.2 Å². The van der Waals surface area contributed by atoms with E-state index in [2.05, 4.69) is 68.2 Å². The van der Waals surface area contributed by atoms with Gasteiger partial charge in [0.05, 0.1) is 56.5 Å². The van der Waals surface area contributed by atoms with Crippen LogP contribution >= 0.6 is 23.2 Å². The number of hydrogen-bond acceptors (Lipinski definition) is 16. The zero-order valence-electron chi connectivity index (χ0n) is 47.4. The van der Waals surface area contributed by atoms with Crippen LogP contribution in [0, 0.1) is 31.6 Å². The average Bonchev–Trinajstić information content (AvgIpc) is 3.60. The van der Waals surface area contributed by atoms with E-state index in [0.29, 0.717) is 62.8 Å². The lowest BCUT2D eigenvalue weighted by Gasteiger charge is -2.32. The molecular weight excluding hydrogens is 1150 g/mol. The summed E-state index contributed by atoms with van der Waals surface area (Å²) in [6.07, 6.45) is 11.6. The van der Waals surface area contributed by atoms with Gasteiger partial charge in [-0.15, -0.1) is 0 Å². The molecule has 0 spiro atoms. The van der Waals surface area contributed by atoms with Crippen molar-refractivity contribution in [1.29, 1.82) is 0 Å². The molecule has 8 aromatic rings. The van der Waals surface area contributed by atoms with Crippen molar-refractivity contribution >= 4 is 70.6 Å². The number of hydrogen-bond donors (Lipinski definition) is 2. The van der Waals surface area contributed by atoms with E-state index in [0.717, 1.165) is 54.3 Å². The van der Waals surface area contributed by atoms with Crippen molar-refractivity contribution in [1.82, 2.24) is 39.7 Å². The van der Waals surface area contributed by atoms with Crippen molar-refractivity contribution in [3.8, 4) is 34.0 Å². The normalized spacial score (nSPS) is 17.4. The largest absolute Gasteiger partial charge is 0.481 e. The van der Waals surface area contributed by atoms with Crippen molar-refractivity contribution in [2.75, 3.05) is 47.7 Å². The second kappa shape index (κ2) is 27.0. The quantitative estimate of drug-likeness (QED) is 0.0970. The van der Waals surface area contributed by atoms with Crippen LogP contribution in [0.4, 0.5) is 19.1 Å². The van der Waals surface area contributed by atoms with Crippen LogP contribution in [0.3, 0.4) is 0 Å². The second-order valence-corrected chi connectivity index (χ2v) is 26.0. The van der Waals surface area contributed by atoms with Gasteiger partial charge in [0.15, 0.2) is 19.7 Å². The molecule has 10 rings (SSSR count). The molecule has 4 aromatic carbocycles. The Balaban J connectivity index is 0.000000189. The van der Waals surface area contributed by atoms with Crippen molar-refractivity contribution in [3.05, 3.63) is 148 Å². The summed E-state index contributed by atoms with van der Waals surface area (Å²) in [6.45, 7) is 3.67. The second-order valence-electron chi connectivity index (χ2n) is 21.3. The lowest BCUT2D eigenvalue weighted by Crippen LogP contribution is -2.36. The predicted octanol–water partition coefficient (Wildman–Crippen LogP) is 11.8. The zero-order chi connectivity index (χ0) is 59.9. The van der Waals surface area contributed by atoms with Crippen LogP contribution in [0.25, 0.3) is 44.1 Å². The van der Waals surface area contributed by atoms with Crippen molar-refractivity contribution in [2.45, 2.75) is 111 Å². The number of aryl methyl sites for hydroxylation is 2. The fraction of sp³-hybridized carbons (Fsp3) is 0.367. The molecular formula is C60H67Cl2F3N10O6S2. The number of sulfone groups is 2. The number of nitrogens with zero attached hydrogens (tertiary/aromatic N) is 8. The van der Waals surface area contributed by atoms with Crippen molar-refractivity contribution in [3.63, 3.8) is 0 Å². The first kappa shape index (κ1) is 62.5. The van der Waals surface area contributed by atoms with E-state index in [4.69, 9.17) is 43.4 Å². The monoisotopic (exact) mass is 1210 g/mol. The number of halogens is 5. The van der Waals surface area contributed by atoms with Gasteiger partial charge in [0.2, 0.25) is 17.7 Å². The third-order valence-corrected chi connectivity index (χ3v) is 19.2. The predicted molar refractivity (Wildman–Crippen MR) is 320 cm³/mol. The maximum absolute atomic E-state index is 15.3. The Bertz CT molecular complexity index is 3870. The number of anilines is 1. The number of nitrogens with two attached hydrogens (primary N) is 1. The number of aromatic nitrogens is 6. The molecule has 0 saturated heterocycles. The summed E-state index contributed by atoms with van der Waals surface area (Å²) in [5.41, 5.74) is 9.87. The molecule has 0 amide bonds. The topological polar surface area (TPSA) is 209 Å². The Morgan fingerprint density at radius 1 is 0.590 bits per heavy atom. The van der Waals surface area contributed by atoms with E-state index in [1.54, 1.807) is 43.5 Å². The number of ether oxygens (including phenoxy) is 2. The molecule has 16 nitrogen and oxygen atoms in total. The van der Waals surface area contributed by atoms with Gasteiger partial charge in [-0.25, -0.2) is 55.5 Å². The van der Waals surface area contributed by atoms with Crippen LogP contribution in [0.2, 0.25) is 10.0 Å². The lowest BCUT2D eigenvalue weighted by atomic mass is 9.90. The minimum absolute atomic E-state index is 0.0394. The average molecular weight is 1220 g/mol. The molecule has 0 aliphatic heterocycles. The highest BCUT2D eigenvalue weighted by molar-refractivity contribution is 7.91. The summed E-state index contributed by atoms with van der Waals surface area (Å²) in [5, 5.41) is 4.94. The van der Waals surface area contributed by atoms with E-state index < -0.39 is 48.9 Å². The Hall–Kier alpha value is -6.59. The van der Waals surface area contributed by atoms with Crippen LogP contribution < -0.4 is 20.5 Å². The maximum atomic E-state index is 15.3. The molecule has 0 bridgehead atoms. The van der Waals surface area contributed by atoms with Gasteiger partial charge in [-0.05, 0) is 176 Å². The van der Waals surface area contributed by atoms with Crippen LogP contribution in [-0.4, -0.2) is 123 Å². The summed E-state index contributed by atoms with van der Waals surface area (Å²) >= 11 is 12.1. The maximum Gasteiger partial charge on any atom is 0.309 e. The summed E-state index contributed by atoms with van der Waals surface area (Å²) in [4.78, 5) is 29.5. The molecule has 4 aromatic heterocycles. The Morgan fingerprint density at radius 3 is 1.45 bits per heavy atom. The third-order valence-electron chi connectivity index (χ3n) is 15.0. The number of fused-ring (bicyclic) bond motifs is 2. The van der Waals surface area contributed by atoms with Crippen molar-refractivity contribution < 1.29 is 39.5 Å². The van der Waals surface area contributed by atoms with Crippen LogP contribution in [0.1, 0.15) is 73.9 Å². The van der Waals surface area contributed by atoms with Gasteiger partial charge in [-0.1, -0.05) is 47.5 Å². The molecule has 3 N–H and O–H groups in total. The summed E-state index contributed by atoms with van der Waals surface area (Å²) in [5.74, 6) is -2.17. The van der Waals surface area contributed by atoms with Gasteiger partial charge in [0.1, 0.15) is 23.1 Å². The molecule has 0 unspecified atom stereocenters. The van der Waals surface area contributed by atoms with Gasteiger partial charge >= 0.3 is 6.08 Å². The highest BCUT2D eigenvalue weighted by Crippen LogP contribution is 2.37. The zero-order valence-corrected chi connectivity index (χ0v) is 50.6. The third kappa shape index (κ3) is 15.2. The molecule has 2 fully saturated rings. The molecule has 0 radical (unpaired) electrons. The SMILES string of the molecule is CN(C)C1CCC(N)CC1.COc1nc(CS(=O)(=O)c2ccccc2Cl)c(F)cc1-c1cc(C)c2nc(F)ncc2c1.COc1nc(CS(=O)(=O)c2ccccc2Cl)c(F)cc1-c1cc(C)c2nc(NC3CCC(N(C)C)CC3)ncc2c1. The minimum Gasteiger partial charge on any atom is -0.481 e. The molecule has 2 aliphatic rings. The number of nitrogens with one attached hydrogen (secondary N) is 1. The van der Waals surface area contributed by atoms with E-state index in [-0.39, 0.29) is 43.0 Å². The smallest absolute Gasteiger partial charge is 0.309 e. The van der Waals surface area contributed by atoms with E-state index in [1.165, 1.54) is 82.5 Å². The molecule has 440 valence electrons. The minimum atomic E-state index is -3.95. The Morgan fingerprint density at radius 2 is 1.01 bits per heavy atom. The van der Waals surface area contributed by atoms with Crippen molar-refractivity contribution in [2.24, 2.45) is 5.73 Å². The van der Waals surface area contributed by atoms with Gasteiger partial charge in [0.25, 0.3) is 0 Å². The van der Waals surface area contributed by atoms with Gasteiger partial charge in [0, 0.05) is 58.5 Å². The molecule has 2 aliphatic carbocycles. The molecule has 23 heteroatoms. The van der Waals surface area contributed by atoms with E-state index in [1.807, 2.05) is 19.1 Å². The van der Waals surface area contributed by atoms with Gasteiger partial charge in [-0.2, -0.15) is 4.39 Å². The molecule has 4 heterocycles. The highest BCUT2D eigenvalue weighted by atomic mass is 35.5. The van der Waals surface area contributed by atoms with Gasteiger partial charge < -0.3 is 30.3 Å². The Kier molecular flexibility index (Phi) is 20.3. The fourth-order valence-corrected chi connectivity index (χ4v) is 14.1. The Labute approximate surface area is 492 Å². The summed E-state index contributed by atoms with van der Waals surface area (Å²) in [7, 11) is 3.44. The van der Waals surface area contributed by atoms with E-state index >= 15 is 4.39 Å². The van der Waals surface area contributed by atoms with Crippen LogP contribution in [0.15, 0.2) is 107 Å². The molecule has 0 atom stereocenters. The number of pyridine rings is 2. The fourth-order valence-electron chi connectivity index (χ4n) is 10.4. The number of rotatable bonds is 14. The number of methoxy groups -OCH3 is 2. The first-order valence-corrected chi connectivity index (χ1v) is 31.0. The first-order valence-electron chi connectivity index (χ1n) is 26.9.